The van der Waals surface area contributed by atoms with Crippen LogP contribution in [-0.4, -0.2) is 37.2 Å². The van der Waals surface area contributed by atoms with Gasteiger partial charge in [-0.25, -0.2) is 22.3 Å². The number of sulfonamides is 1. The first-order valence-electron chi connectivity index (χ1n) is 5.35. The van der Waals surface area contributed by atoms with Gasteiger partial charge in [-0.3, -0.25) is 0 Å². The van der Waals surface area contributed by atoms with Crippen LogP contribution in [-0.2, 0) is 10.0 Å². The first-order chi connectivity index (χ1) is 8.69. The maximum Gasteiger partial charge on any atom is 0.338 e. The second kappa shape index (κ2) is 5.64. The summed E-state index contributed by atoms with van der Waals surface area (Å²) in [5.41, 5.74) is -0.797. The molecule has 0 heterocycles. The minimum atomic E-state index is -4.01. The smallest absolute Gasteiger partial charge is 0.338 e. The van der Waals surface area contributed by atoms with Gasteiger partial charge in [-0.05, 0) is 31.5 Å². The first kappa shape index (κ1) is 15.5. The predicted octanol–water partition coefficient (Wildman–Crippen LogP) is 0.491. The third-order valence-electron chi connectivity index (χ3n) is 2.40. The minimum Gasteiger partial charge on any atom is -0.478 e. The van der Waals surface area contributed by atoms with Gasteiger partial charge in [0, 0.05) is 6.04 Å². The SMILES string of the molecule is Cc1cc(S(=O)(=O)NC(C)CO)cc(C(=O)O)c1F. The monoisotopic (exact) mass is 291 g/mol. The highest BCUT2D eigenvalue weighted by Crippen LogP contribution is 2.19. The van der Waals surface area contributed by atoms with Gasteiger partial charge in [0.25, 0.3) is 0 Å². The van der Waals surface area contributed by atoms with Crippen molar-refractivity contribution in [1.82, 2.24) is 4.72 Å². The summed E-state index contributed by atoms with van der Waals surface area (Å²) in [5, 5.41) is 17.6. The van der Waals surface area contributed by atoms with Crippen molar-refractivity contribution in [3.8, 4) is 0 Å². The summed E-state index contributed by atoms with van der Waals surface area (Å²) in [4.78, 5) is 10.5. The van der Waals surface area contributed by atoms with Crippen LogP contribution in [0.3, 0.4) is 0 Å². The molecule has 3 N–H and O–H groups in total. The van der Waals surface area contributed by atoms with E-state index in [-0.39, 0.29) is 10.5 Å². The zero-order chi connectivity index (χ0) is 14.8. The zero-order valence-corrected chi connectivity index (χ0v) is 11.2. The summed E-state index contributed by atoms with van der Waals surface area (Å²) >= 11 is 0. The molecule has 1 aromatic carbocycles. The Morgan fingerprint density at radius 1 is 1.47 bits per heavy atom. The quantitative estimate of drug-likeness (QED) is 0.732. The Bertz CT molecular complexity index is 599. The molecule has 8 heteroatoms. The van der Waals surface area contributed by atoms with E-state index in [1.165, 1.54) is 13.8 Å². The van der Waals surface area contributed by atoms with Crippen molar-refractivity contribution in [3.63, 3.8) is 0 Å². The van der Waals surface area contributed by atoms with Gasteiger partial charge < -0.3 is 10.2 Å². The molecule has 0 saturated heterocycles. The zero-order valence-electron chi connectivity index (χ0n) is 10.3. The van der Waals surface area contributed by atoms with Crippen molar-refractivity contribution in [2.75, 3.05) is 6.61 Å². The topological polar surface area (TPSA) is 104 Å². The van der Waals surface area contributed by atoms with Crippen molar-refractivity contribution in [1.29, 1.82) is 0 Å². The molecular weight excluding hydrogens is 277 g/mol. The van der Waals surface area contributed by atoms with Crippen LogP contribution in [0.2, 0.25) is 0 Å². The summed E-state index contributed by atoms with van der Waals surface area (Å²) in [5.74, 6) is -2.52. The fraction of sp³-hybridized carbons (Fsp3) is 0.364. The van der Waals surface area contributed by atoms with Crippen molar-refractivity contribution >= 4 is 16.0 Å². The van der Waals surface area contributed by atoms with Gasteiger partial charge in [0.2, 0.25) is 10.0 Å². The fourth-order valence-electron chi connectivity index (χ4n) is 1.42. The van der Waals surface area contributed by atoms with Gasteiger partial charge >= 0.3 is 5.97 Å². The molecule has 0 aliphatic heterocycles. The third-order valence-corrected chi connectivity index (χ3v) is 3.97. The van der Waals surface area contributed by atoms with Gasteiger partial charge in [0.05, 0.1) is 17.1 Å². The minimum absolute atomic E-state index is 0.0862. The molecule has 106 valence electrons. The normalized spacial score (nSPS) is 13.3. The summed E-state index contributed by atoms with van der Waals surface area (Å²) in [6.07, 6.45) is 0. The number of hydrogen-bond acceptors (Lipinski definition) is 4. The number of carbonyl (C=O) groups is 1. The van der Waals surface area contributed by atoms with E-state index in [4.69, 9.17) is 10.2 Å². The van der Waals surface area contributed by atoms with E-state index < -0.39 is 40.0 Å². The molecule has 0 saturated carbocycles. The predicted molar refractivity (Wildman–Crippen MR) is 65.0 cm³/mol. The second-order valence-corrected chi connectivity index (χ2v) is 5.83. The summed E-state index contributed by atoms with van der Waals surface area (Å²) in [6, 6.07) is 1.05. The summed E-state index contributed by atoms with van der Waals surface area (Å²) in [6.45, 7) is 2.30. The molecule has 1 aromatic rings. The van der Waals surface area contributed by atoms with Gasteiger partial charge in [-0.15, -0.1) is 0 Å². The Kier molecular flexibility index (Phi) is 4.61. The Balaban J connectivity index is 3.32. The molecular formula is C11H14FNO5S. The first-order valence-corrected chi connectivity index (χ1v) is 6.84. The standard InChI is InChI=1S/C11H14FNO5S/c1-6-3-8(4-9(10(6)12)11(15)16)19(17,18)13-7(2)5-14/h3-4,7,13-14H,5H2,1-2H3,(H,15,16). The maximum absolute atomic E-state index is 13.5. The number of halogens is 1. The molecule has 0 spiro atoms. The van der Waals surface area contributed by atoms with E-state index in [0.29, 0.717) is 0 Å². The van der Waals surface area contributed by atoms with Crippen molar-refractivity contribution < 1.29 is 27.8 Å². The van der Waals surface area contributed by atoms with Crippen LogP contribution in [0, 0.1) is 12.7 Å². The Hall–Kier alpha value is -1.51. The Labute approximate surface area is 109 Å². The van der Waals surface area contributed by atoms with E-state index in [1.807, 2.05) is 0 Å². The fourth-order valence-corrected chi connectivity index (χ4v) is 2.76. The number of carboxylic acid groups (broad SMARTS) is 1. The van der Waals surface area contributed by atoms with Crippen LogP contribution in [0.4, 0.5) is 4.39 Å². The Morgan fingerprint density at radius 2 is 2.05 bits per heavy atom. The average molecular weight is 291 g/mol. The lowest BCUT2D eigenvalue weighted by Crippen LogP contribution is -2.35. The number of aliphatic hydroxyl groups is 1. The largest absolute Gasteiger partial charge is 0.478 e. The van der Waals surface area contributed by atoms with E-state index in [0.717, 1.165) is 12.1 Å². The second-order valence-electron chi connectivity index (χ2n) is 4.11. The number of nitrogens with one attached hydrogen (secondary N) is 1. The highest BCUT2D eigenvalue weighted by Gasteiger charge is 2.22. The molecule has 0 bridgehead atoms. The number of benzene rings is 1. The molecule has 19 heavy (non-hydrogen) atoms. The van der Waals surface area contributed by atoms with Crippen LogP contribution < -0.4 is 4.72 Å². The number of aromatic carboxylic acids is 1. The van der Waals surface area contributed by atoms with Gasteiger partial charge in [-0.1, -0.05) is 0 Å². The molecule has 0 aliphatic rings. The lowest BCUT2D eigenvalue weighted by atomic mass is 10.1. The van der Waals surface area contributed by atoms with Crippen molar-refractivity contribution in [2.45, 2.75) is 24.8 Å². The Morgan fingerprint density at radius 3 is 2.53 bits per heavy atom. The average Bonchev–Trinajstić information content (AvgIpc) is 2.31. The van der Waals surface area contributed by atoms with Crippen LogP contribution in [0.1, 0.15) is 22.8 Å². The lowest BCUT2D eigenvalue weighted by molar-refractivity contribution is 0.0691. The van der Waals surface area contributed by atoms with Gasteiger partial charge in [-0.2, -0.15) is 0 Å². The van der Waals surface area contributed by atoms with E-state index in [2.05, 4.69) is 4.72 Å². The molecule has 1 rings (SSSR count). The molecule has 0 radical (unpaired) electrons. The van der Waals surface area contributed by atoms with Crippen LogP contribution in [0.25, 0.3) is 0 Å². The highest BCUT2D eigenvalue weighted by molar-refractivity contribution is 7.89. The van der Waals surface area contributed by atoms with Gasteiger partial charge in [0.1, 0.15) is 5.82 Å². The van der Waals surface area contributed by atoms with E-state index in [1.54, 1.807) is 0 Å². The number of carboxylic acids is 1. The van der Waals surface area contributed by atoms with E-state index in [9.17, 15) is 17.6 Å². The van der Waals surface area contributed by atoms with Gasteiger partial charge in [0.15, 0.2) is 0 Å². The van der Waals surface area contributed by atoms with Crippen LogP contribution in [0.5, 0.6) is 0 Å². The molecule has 0 fully saturated rings. The highest BCUT2D eigenvalue weighted by atomic mass is 32.2. The molecule has 0 amide bonds. The summed E-state index contributed by atoms with van der Waals surface area (Å²) in [7, 11) is -4.01. The molecule has 0 aliphatic carbocycles. The number of aliphatic hydroxyl groups excluding tert-OH is 1. The molecule has 0 aromatic heterocycles. The summed E-state index contributed by atoms with van der Waals surface area (Å²) < 4.78 is 39.5. The lowest BCUT2D eigenvalue weighted by Gasteiger charge is -2.13. The maximum atomic E-state index is 13.5. The molecule has 6 nitrogen and oxygen atoms in total. The number of aryl methyl sites for hydroxylation is 1. The van der Waals surface area contributed by atoms with Crippen LogP contribution >= 0.6 is 0 Å². The molecule has 1 atom stereocenters. The van der Waals surface area contributed by atoms with Crippen LogP contribution in [0.15, 0.2) is 17.0 Å². The number of rotatable bonds is 5. The third kappa shape index (κ3) is 3.49. The van der Waals surface area contributed by atoms with E-state index >= 15 is 0 Å². The van der Waals surface area contributed by atoms with Crippen molar-refractivity contribution in [3.05, 3.63) is 29.1 Å². The number of hydrogen-bond donors (Lipinski definition) is 3. The van der Waals surface area contributed by atoms with Crippen molar-refractivity contribution in [2.24, 2.45) is 0 Å². The molecule has 1 unspecified atom stereocenters.